The van der Waals surface area contributed by atoms with Crippen LogP contribution in [0.2, 0.25) is 0 Å². The minimum Gasteiger partial charge on any atom is -0.338 e. The van der Waals surface area contributed by atoms with Crippen LogP contribution in [0.1, 0.15) is 32.1 Å². The molecule has 1 aromatic carbocycles. The predicted molar refractivity (Wildman–Crippen MR) is 92.1 cm³/mol. The third-order valence-electron chi connectivity index (χ3n) is 4.36. The molecule has 0 N–H and O–H groups in total. The first kappa shape index (κ1) is 17.1. The Bertz CT molecular complexity index is 758. The highest BCUT2D eigenvalue weighted by Gasteiger charge is 2.32. The zero-order chi connectivity index (χ0) is 17.0. The molecule has 0 saturated carbocycles. The molecule has 2 heterocycles. The summed E-state index contributed by atoms with van der Waals surface area (Å²) in [7, 11) is -2.90. The Morgan fingerprint density at radius 2 is 2.08 bits per heavy atom. The zero-order valence-corrected chi connectivity index (χ0v) is 14.7. The summed E-state index contributed by atoms with van der Waals surface area (Å²) >= 11 is 0. The van der Waals surface area contributed by atoms with Gasteiger partial charge in [0.05, 0.1) is 18.1 Å². The first-order valence-corrected chi connectivity index (χ1v) is 10.2. The monoisotopic (exact) mass is 349 g/mol. The van der Waals surface area contributed by atoms with Crippen LogP contribution in [-0.2, 0) is 16.4 Å². The fraction of sp³-hybridized carbons (Fsp3) is 0.529. The molecule has 1 saturated heterocycles. The Balaban J connectivity index is 1.72. The summed E-state index contributed by atoms with van der Waals surface area (Å²) in [6, 6.07) is 9.73. The summed E-state index contributed by atoms with van der Waals surface area (Å²) in [6.45, 7) is 3.48. The third-order valence-corrected chi connectivity index (χ3v) is 6.11. The molecule has 130 valence electrons. The lowest BCUT2D eigenvalue weighted by Gasteiger charge is -2.26. The van der Waals surface area contributed by atoms with Crippen LogP contribution in [-0.4, -0.2) is 47.6 Å². The fourth-order valence-corrected chi connectivity index (χ4v) is 4.77. The van der Waals surface area contributed by atoms with Gasteiger partial charge in [-0.25, -0.2) is 8.42 Å². The standard InChI is InChI=1S/C17H23N3O3S/c1-2-3-10-20(15-9-11-24(21,22)13-15)12-16-18-17(19-23-16)14-7-5-4-6-8-14/h4-8,15H,2-3,9-13H2,1H3. The van der Waals surface area contributed by atoms with Crippen LogP contribution < -0.4 is 0 Å². The van der Waals surface area contributed by atoms with E-state index in [1.165, 1.54) is 0 Å². The molecule has 2 aromatic rings. The van der Waals surface area contributed by atoms with Crippen molar-refractivity contribution in [1.82, 2.24) is 15.0 Å². The zero-order valence-electron chi connectivity index (χ0n) is 13.9. The van der Waals surface area contributed by atoms with Crippen LogP contribution in [0.15, 0.2) is 34.9 Å². The molecule has 7 heteroatoms. The lowest BCUT2D eigenvalue weighted by molar-refractivity contribution is 0.175. The quantitative estimate of drug-likeness (QED) is 0.764. The van der Waals surface area contributed by atoms with E-state index in [4.69, 9.17) is 4.52 Å². The summed E-state index contributed by atoms with van der Waals surface area (Å²) in [5.74, 6) is 1.62. The molecule has 1 unspecified atom stereocenters. The highest BCUT2D eigenvalue weighted by molar-refractivity contribution is 7.91. The van der Waals surface area contributed by atoms with E-state index >= 15 is 0 Å². The van der Waals surface area contributed by atoms with Crippen molar-refractivity contribution in [2.75, 3.05) is 18.1 Å². The molecule has 0 amide bonds. The first-order chi connectivity index (χ1) is 11.6. The lowest BCUT2D eigenvalue weighted by Crippen LogP contribution is -2.36. The van der Waals surface area contributed by atoms with Gasteiger partial charge < -0.3 is 4.52 Å². The second-order valence-electron chi connectivity index (χ2n) is 6.26. The van der Waals surface area contributed by atoms with Crippen molar-refractivity contribution in [3.8, 4) is 11.4 Å². The van der Waals surface area contributed by atoms with Crippen molar-refractivity contribution in [3.63, 3.8) is 0 Å². The predicted octanol–water partition coefficient (Wildman–Crippen LogP) is 2.53. The lowest BCUT2D eigenvalue weighted by atomic mass is 10.2. The van der Waals surface area contributed by atoms with Gasteiger partial charge in [-0.3, -0.25) is 4.90 Å². The van der Waals surface area contributed by atoms with Crippen LogP contribution in [0.5, 0.6) is 0 Å². The van der Waals surface area contributed by atoms with Gasteiger partial charge in [0.25, 0.3) is 0 Å². The highest BCUT2D eigenvalue weighted by Crippen LogP contribution is 2.21. The van der Waals surface area contributed by atoms with Crippen LogP contribution in [0, 0.1) is 0 Å². The topological polar surface area (TPSA) is 76.3 Å². The van der Waals surface area contributed by atoms with Crippen LogP contribution in [0.4, 0.5) is 0 Å². The number of nitrogens with zero attached hydrogens (tertiary/aromatic N) is 3. The van der Waals surface area contributed by atoms with Crippen molar-refractivity contribution in [2.45, 2.75) is 38.8 Å². The van der Waals surface area contributed by atoms with Crippen molar-refractivity contribution >= 4 is 9.84 Å². The van der Waals surface area contributed by atoms with Crippen LogP contribution >= 0.6 is 0 Å². The number of aromatic nitrogens is 2. The number of hydrogen-bond acceptors (Lipinski definition) is 6. The van der Waals surface area contributed by atoms with E-state index in [1.807, 2.05) is 30.3 Å². The second-order valence-corrected chi connectivity index (χ2v) is 8.49. The Hall–Kier alpha value is -1.73. The molecule has 0 radical (unpaired) electrons. The Morgan fingerprint density at radius 3 is 2.75 bits per heavy atom. The van der Waals surface area contributed by atoms with Gasteiger partial charge in [-0.2, -0.15) is 4.98 Å². The molecule has 1 aliphatic rings. The molecule has 0 bridgehead atoms. The highest BCUT2D eigenvalue weighted by atomic mass is 32.2. The summed E-state index contributed by atoms with van der Waals surface area (Å²) in [6.07, 6.45) is 2.77. The maximum absolute atomic E-state index is 11.8. The summed E-state index contributed by atoms with van der Waals surface area (Å²) in [5.41, 5.74) is 0.913. The maximum Gasteiger partial charge on any atom is 0.241 e. The van der Waals surface area contributed by atoms with Crippen molar-refractivity contribution in [1.29, 1.82) is 0 Å². The largest absolute Gasteiger partial charge is 0.338 e. The van der Waals surface area contributed by atoms with Gasteiger partial charge in [0, 0.05) is 11.6 Å². The molecular formula is C17H23N3O3S. The van der Waals surface area contributed by atoms with E-state index in [1.54, 1.807) is 0 Å². The molecule has 24 heavy (non-hydrogen) atoms. The van der Waals surface area contributed by atoms with Crippen molar-refractivity contribution in [2.24, 2.45) is 0 Å². The SMILES string of the molecule is CCCCN(Cc1nc(-c2ccccc2)no1)C1CCS(=O)(=O)C1. The number of hydrogen-bond donors (Lipinski definition) is 0. The van der Waals surface area contributed by atoms with Crippen molar-refractivity contribution < 1.29 is 12.9 Å². The summed E-state index contributed by atoms with van der Waals surface area (Å²) in [5, 5.41) is 4.04. The smallest absolute Gasteiger partial charge is 0.241 e. The average Bonchev–Trinajstić information content (AvgIpc) is 3.18. The number of sulfone groups is 1. The van der Waals surface area contributed by atoms with Gasteiger partial charge in [-0.1, -0.05) is 48.8 Å². The minimum absolute atomic E-state index is 0.0497. The minimum atomic E-state index is -2.90. The first-order valence-electron chi connectivity index (χ1n) is 8.40. The molecular weight excluding hydrogens is 326 g/mol. The molecule has 6 nitrogen and oxygen atoms in total. The molecule has 0 aliphatic carbocycles. The van der Waals surface area contributed by atoms with E-state index in [0.717, 1.165) is 24.9 Å². The summed E-state index contributed by atoms with van der Waals surface area (Å²) < 4.78 is 29.0. The summed E-state index contributed by atoms with van der Waals surface area (Å²) in [4.78, 5) is 6.64. The maximum atomic E-state index is 11.8. The Kier molecular flexibility index (Phi) is 5.30. The van der Waals surface area contributed by atoms with Gasteiger partial charge in [-0.15, -0.1) is 0 Å². The molecule has 0 spiro atoms. The molecule has 1 atom stereocenters. The van der Waals surface area contributed by atoms with Crippen LogP contribution in [0.25, 0.3) is 11.4 Å². The van der Waals surface area contributed by atoms with E-state index in [9.17, 15) is 8.42 Å². The molecule has 1 aromatic heterocycles. The number of unbranched alkanes of at least 4 members (excludes halogenated alkanes) is 1. The van der Waals surface area contributed by atoms with E-state index in [-0.39, 0.29) is 17.5 Å². The van der Waals surface area contributed by atoms with Crippen LogP contribution in [0.3, 0.4) is 0 Å². The van der Waals surface area contributed by atoms with Crippen molar-refractivity contribution in [3.05, 3.63) is 36.2 Å². The average molecular weight is 349 g/mol. The van der Waals surface area contributed by atoms with Gasteiger partial charge in [0.2, 0.25) is 11.7 Å². The second kappa shape index (κ2) is 7.44. The third kappa shape index (κ3) is 4.21. The van der Waals surface area contributed by atoms with Gasteiger partial charge in [0.15, 0.2) is 9.84 Å². The molecule has 1 aliphatic heterocycles. The fourth-order valence-electron chi connectivity index (χ4n) is 3.01. The van der Waals surface area contributed by atoms with E-state index in [0.29, 0.717) is 24.7 Å². The molecule has 3 rings (SSSR count). The Morgan fingerprint density at radius 1 is 1.29 bits per heavy atom. The number of benzene rings is 1. The van der Waals surface area contributed by atoms with Gasteiger partial charge >= 0.3 is 0 Å². The van der Waals surface area contributed by atoms with E-state index in [2.05, 4.69) is 22.0 Å². The molecule has 1 fully saturated rings. The number of rotatable bonds is 7. The van der Waals surface area contributed by atoms with Gasteiger partial charge in [-0.05, 0) is 19.4 Å². The van der Waals surface area contributed by atoms with E-state index < -0.39 is 9.84 Å². The Labute approximate surface area is 142 Å². The van der Waals surface area contributed by atoms with Gasteiger partial charge in [0.1, 0.15) is 0 Å². The normalized spacial score (nSPS) is 19.8.